The van der Waals surface area contributed by atoms with Crippen molar-refractivity contribution in [1.82, 2.24) is 4.90 Å². The third-order valence-electron chi connectivity index (χ3n) is 4.42. The molecule has 3 rings (SSSR count). The predicted octanol–water partition coefficient (Wildman–Crippen LogP) is 5.22. The first kappa shape index (κ1) is 21.7. The van der Waals surface area contributed by atoms with Crippen LogP contribution in [-0.4, -0.2) is 17.7 Å². The summed E-state index contributed by atoms with van der Waals surface area (Å²) in [4.78, 5) is 17.6. The Morgan fingerprint density at radius 3 is 2.43 bits per heavy atom. The van der Waals surface area contributed by atoms with E-state index in [1.165, 1.54) is 6.20 Å². The monoisotopic (exact) mass is 443 g/mol. The van der Waals surface area contributed by atoms with Crippen molar-refractivity contribution in [2.24, 2.45) is 10.3 Å². The van der Waals surface area contributed by atoms with Crippen LogP contribution >= 0.6 is 23.2 Å². The molecule has 8 heteroatoms. The highest BCUT2D eigenvalue weighted by atomic mass is 35.5. The molecule has 0 N–H and O–H groups in total. The highest BCUT2D eigenvalue weighted by Gasteiger charge is 2.06. The summed E-state index contributed by atoms with van der Waals surface area (Å²) < 4.78 is 2.11. The number of oxime groups is 1. The van der Waals surface area contributed by atoms with Gasteiger partial charge in [0.25, 0.3) is 0 Å². The van der Waals surface area contributed by atoms with Gasteiger partial charge in [0.05, 0.1) is 12.4 Å². The first-order valence-corrected chi connectivity index (χ1v) is 10.1. The lowest BCUT2D eigenvalue weighted by atomic mass is 10.2. The standard InChI is InChI=1S/C22H21Cl2N4O2/c23-21-3-1-4-22(24)20(21)17-30-26-16-19-7-13-28(14-8-19)10-2-9-27-11-5-18(6-12-27)15-25-29/h1,3-8,11-16H,2,9-10,17H2/q+1/b26-16-. The molecule has 30 heavy (non-hydrogen) atoms. The average molecular weight is 444 g/mol. The molecule has 0 unspecified atom stereocenters. The van der Waals surface area contributed by atoms with Crippen molar-refractivity contribution < 1.29 is 9.40 Å². The van der Waals surface area contributed by atoms with Gasteiger partial charge >= 0.3 is 0 Å². The van der Waals surface area contributed by atoms with Crippen molar-refractivity contribution in [3.05, 3.63) is 105 Å². The van der Waals surface area contributed by atoms with Crippen molar-refractivity contribution in [3.8, 4) is 0 Å². The van der Waals surface area contributed by atoms with Gasteiger partial charge in [-0.15, -0.1) is 4.91 Å². The van der Waals surface area contributed by atoms with E-state index in [-0.39, 0.29) is 6.61 Å². The Labute approximate surface area is 185 Å². The lowest BCUT2D eigenvalue weighted by Gasteiger charge is -2.17. The zero-order chi connectivity index (χ0) is 21.2. The molecule has 0 saturated heterocycles. The first-order valence-electron chi connectivity index (χ1n) is 9.38. The number of hydrogen-bond donors (Lipinski definition) is 0. The minimum Gasteiger partial charge on any atom is -0.391 e. The van der Waals surface area contributed by atoms with E-state index in [0.717, 1.165) is 36.2 Å². The molecule has 1 aromatic heterocycles. The largest absolute Gasteiger partial charge is 0.391 e. The summed E-state index contributed by atoms with van der Waals surface area (Å²) in [5.74, 6) is 0. The normalized spacial score (nSPS) is 13.1. The van der Waals surface area contributed by atoms with Gasteiger partial charge in [-0.2, -0.15) is 0 Å². The summed E-state index contributed by atoms with van der Waals surface area (Å²) in [5, 5.41) is 7.88. The summed E-state index contributed by atoms with van der Waals surface area (Å²) >= 11 is 12.2. The molecule has 2 heterocycles. The number of aromatic nitrogens is 1. The molecule has 0 bridgehead atoms. The molecule has 0 aliphatic carbocycles. The number of nitroso groups, excluding NO2 is 1. The molecule has 2 aromatic rings. The summed E-state index contributed by atoms with van der Waals surface area (Å²) in [5.41, 5.74) is 2.45. The lowest BCUT2D eigenvalue weighted by Crippen LogP contribution is -2.34. The number of nitrogens with zero attached hydrogens (tertiary/aromatic N) is 4. The van der Waals surface area contributed by atoms with Crippen LogP contribution in [0.1, 0.15) is 17.5 Å². The van der Waals surface area contributed by atoms with Gasteiger partial charge in [-0.05, 0) is 35.0 Å². The number of benzene rings is 1. The molecule has 0 spiro atoms. The quantitative estimate of drug-likeness (QED) is 0.231. The third-order valence-corrected chi connectivity index (χ3v) is 5.12. The number of aryl methyl sites for hydroxylation is 1. The van der Waals surface area contributed by atoms with E-state index < -0.39 is 0 Å². The number of rotatable bonds is 9. The fraction of sp³-hybridized carbons (Fsp3) is 0.182. The number of pyridine rings is 1. The molecule has 0 atom stereocenters. The molecule has 154 valence electrons. The molecule has 0 radical (unpaired) electrons. The third kappa shape index (κ3) is 6.54. The van der Waals surface area contributed by atoms with Crippen LogP contribution in [0, 0.1) is 4.91 Å². The van der Waals surface area contributed by atoms with Gasteiger partial charge in [-0.1, -0.05) is 34.4 Å². The van der Waals surface area contributed by atoms with Crippen LogP contribution < -0.4 is 4.57 Å². The molecule has 1 aliphatic rings. The molecule has 6 nitrogen and oxygen atoms in total. The van der Waals surface area contributed by atoms with E-state index in [1.54, 1.807) is 24.4 Å². The van der Waals surface area contributed by atoms with Crippen molar-refractivity contribution in [2.75, 3.05) is 6.54 Å². The van der Waals surface area contributed by atoms with Crippen LogP contribution in [-0.2, 0) is 18.0 Å². The second kappa shape index (κ2) is 11.3. The topological polar surface area (TPSA) is 58.1 Å². The Hall–Kier alpha value is -2.96. The number of allylic oxidation sites excluding steroid dienone is 3. The zero-order valence-electron chi connectivity index (χ0n) is 16.2. The van der Waals surface area contributed by atoms with Gasteiger partial charge in [0.2, 0.25) is 0 Å². The van der Waals surface area contributed by atoms with Crippen molar-refractivity contribution in [3.63, 3.8) is 0 Å². The van der Waals surface area contributed by atoms with Crippen molar-refractivity contribution >= 4 is 29.4 Å². The minimum absolute atomic E-state index is 0.212. The first-order chi connectivity index (χ1) is 14.7. The van der Waals surface area contributed by atoms with E-state index in [9.17, 15) is 4.91 Å². The molecule has 0 amide bonds. The maximum atomic E-state index is 10.2. The number of halogens is 2. The maximum absolute atomic E-state index is 10.2. The van der Waals surface area contributed by atoms with Crippen LogP contribution in [0.5, 0.6) is 0 Å². The molecule has 1 aliphatic heterocycles. The number of hydrogen-bond acceptors (Lipinski definition) is 5. The Morgan fingerprint density at radius 1 is 1.07 bits per heavy atom. The van der Waals surface area contributed by atoms with Gasteiger partial charge in [-0.3, -0.25) is 0 Å². The van der Waals surface area contributed by atoms with E-state index in [0.29, 0.717) is 10.0 Å². The van der Waals surface area contributed by atoms with Crippen LogP contribution in [0.25, 0.3) is 0 Å². The summed E-state index contributed by atoms with van der Waals surface area (Å²) in [6.07, 6.45) is 15.5. The molecular weight excluding hydrogens is 423 g/mol. The van der Waals surface area contributed by atoms with E-state index in [1.807, 2.05) is 49.1 Å². The molecule has 0 saturated carbocycles. The van der Waals surface area contributed by atoms with Gasteiger partial charge in [0, 0.05) is 58.7 Å². The average Bonchev–Trinajstić information content (AvgIpc) is 2.75. The predicted molar refractivity (Wildman–Crippen MR) is 119 cm³/mol. The Bertz CT molecular complexity index is 949. The highest BCUT2D eigenvalue weighted by molar-refractivity contribution is 6.35. The van der Waals surface area contributed by atoms with Crippen LogP contribution in [0.2, 0.25) is 10.0 Å². The SMILES string of the molecule is O=NC=C1C=CN(CCC[n+]2ccc(/C=N\OCc3c(Cl)cccc3Cl)cc2)C=C1. The lowest BCUT2D eigenvalue weighted by molar-refractivity contribution is -0.697. The summed E-state index contributed by atoms with van der Waals surface area (Å²) in [7, 11) is 0. The zero-order valence-corrected chi connectivity index (χ0v) is 17.7. The van der Waals surface area contributed by atoms with Gasteiger partial charge < -0.3 is 9.74 Å². The highest BCUT2D eigenvalue weighted by Crippen LogP contribution is 2.24. The Morgan fingerprint density at radius 2 is 1.77 bits per heavy atom. The summed E-state index contributed by atoms with van der Waals surface area (Å²) in [6, 6.07) is 9.27. The van der Waals surface area contributed by atoms with Gasteiger partial charge in [-0.25, -0.2) is 4.57 Å². The fourth-order valence-corrected chi connectivity index (χ4v) is 3.28. The van der Waals surface area contributed by atoms with E-state index in [4.69, 9.17) is 28.0 Å². The second-order valence-corrected chi connectivity index (χ2v) is 7.35. The minimum atomic E-state index is 0.212. The maximum Gasteiger partial charge on any atom is 0.169 e. The molecule has 1 aromatic carbocycles. The van der Waals surface area contributed by atoms with Gasteiger partial charge in [0.1, 0.15) is 13.2 Å². The summed E-state index contributed by atoms with van der Waals surface area (Å²) in [6.45, 7) is 1.98. The van der Waals surface area contributed by atoms with Crippen LogP contribution in [0.4, 0.5) is 0 Å². The van der Waals surface area contributed by atoms with E-state index in [2.05, 4.69) is 19.8 Å². The fourth-order valence-electron chi connectivity index (χ4n) is 2.77. The van der Waals surface area contributed by atoms with Crippen molar-refractivity contribution in [1.29, 1.82) is 0 Å². The molecular formula is C22H21Cl2N4O2+. The molecule has 0 fully saturated rings. The smallest absolute Gasteiger partial charge is 0.169 e. The Balaban J connectivity index is 1.41. The van der Waals surface area contributed by atoms with Crippen LogP contribution in [0.3, 0.4) is 0 Å². The van der Waals surface area contributed by atoms with Gasteiger partial charge in [0.15, 0.2) is 12.4 Å². The van der Waals surface area contributed by atoms with Crippen molar-refractivity contribution in [2.45, 2.75) is 19.6 Å². The van der Waals surface area contributed by atoms with E-state index >= 15 is 0 Å². The Kier molecular flexibility index (Phi) is 8.18. The second-order valence-electron chi connectivity index (χ2n) is 6.53. The van der Waals surface area contributed by atoms with Crippen LogP contribution in [0.15, 0.2) is 89.4 Å².